The molecule has 5 heterocycles. The van der Waals surface area contributed by atoms with E-state index in [4.69, 9.17) is 19.9 Å². The summed E-state index contributed by atoms with van der Waals surface area (Å²) in [4.78, 5) is 25.2. The molecule has 0 aliphatic carbocycles. The van der Waals surface area contributed by atoms with E-state index in [1.807, 2.05) is 73.1 Å². The Labute approximate surface area is 419 Å². The van der Waals surface area contributed by atoms with Crippen molar-refractivity contribution in [3.63, 3.8) is 0 Å². The van der Waals surface area contributed by atoms with Gasteiger partial charge in [0.15, 0.2) is 0 Å². The second-order valence-corrected chi connectivity index (χ2v) is 18.9. The molecule has 0 aliphatic rings. The van der Waals surface area contributed by atoms with Gasteiger partial charge >= 0.3 is 0 Å². The van der Waals surface area contributed by atoms with Gasteiger partial charge in [0.05, 0.1) is 45.2 Å². The second-order valence-electron chi connectivity index (χ2n) is 18.9. The summed E-state index contributed by atoms with van der Waals surface area (Å²) in [7, 11) is 0. The van der Waals surface area contributed by atoms with Crippen molar-refractivity contribution in [2.75, 3.05) is 9.80 Å². The van der Waals surface area contributed by atoms with E-state index < -0.39 is 0 Å². The second kappa shape index (κ2) is 18.0. The standard InChI is InChI=1S/C64H52N8/c1-41-35-43(3)63(44(4)36-41)71(51-25-17-47(18-26-51)57-39-69-33-11-9-15-59(69)65-57)53-29-21-49(22-30-53)61-62(68-56-14-8-7-13-55(56)67-61)50-23-31-54(32-24-50)72(64-45(5)37-42(2)38-46(64)6)52-27-19-48(20-28-52)58-40-70-34-12-10-16-60(70)66-58/h7-40H,1-6H3. The Balaban J connectivity index is 0.919. The van der Waals surface area contributed by atoms with Gasteiger partial charge in [-0.25, -0.2) is 19.9 Å². The van der Waals surface area contributed by atoms with Crippen LogP contribution in [0.3, 0.4) is 0 Å². The average molecular weight is 933 g/mol. The van der Waals surface area contributed by atoms with Crippen LogP contribution in [-0.4, -0.2) is 28.7 Å². The summed E-state index contributed by atoms with van der Waals surface area (Å²) >= 11 is 0. The maximum Gasteiger partial charge on any atom is 0.137 e. The number of rotatable bonds is 10. The monoisotopic (exact) mass is 932 g/mol. The van der Waals surface area contributed by atoms with Crippen LogP contribution in [-0.2, 0) is 0 Å². The van der Waals surface area contributed by atoms with Crippen molar-refractivity contribution in [1.29, 1.82) is 0 Å². The molecule has 0 aliphatic heterocycles. The van der Waals surface area contributed by atoms with E-state index in [1.54, 1.807) is 0 Å². The van der Waals surface area contributed by atoms with Gasteiger partial charge in [0.1, 0.15) is 11.3 Å². The first-order valence-corrected chi connectivity index (χ1v) is 24.4. The smallest absolute Gasteiger partial charge is 0.137 e. The molecule has 348 valence electrons. The lowest BCUT2D eigenvalue weighted by Gasteiger charge is -2.29. The van der Waals surface area contributed by atoms with Crippen LogP contribution in [0.5, 0.6) is 0 Å². The molecule has 12 aromatic rings. The molecule has 0 fully saturated rings. The van der Waals surface area contributed by atoms with Crippen molar-refractivity contribution in [1.82, 2.24) is 28.7 Å². The zero-order valence-corrected chi connectivity index (χ0v) is 41.2. The van der Waals surface area contributed by atoms with Gasteiger partial charge < -0.3 is 18.6 Å². The molecule has 0 amide bonds. The highest BCUT2D eigenvalue weighted by Gasteiger charge is 2.22. The maximum atomic E-state index is 5.34. The molecule has 0 bridgehead atoms. The lowest BCUT2D eigenvalue weighted by Crippen LogP contribution is -2.13. The van der Waals surface area contributed by atoms with Crippen molar-refractivity contribution in [2.24, 2.45) is 0 Å². The minimum Gasteiger partial charge on any atom is -0.310 e. The molecule has 7 aromatic carbocycles. The Hall–Kier alpha value is -9.14. The Morgan fingerprint density at radius 2 is 0.653 bits per heavy atom. The van der Waals surface area contributed by atoms with Crippen molar-refractivity contribution in [3.05, 3.63) is 240 Å². The van der Waals surface area contributed by atoms with Crippen LogP contribution >= 0.6 is 0 Å². The van der Waals surface area contributed by atoms with Gasteiger partial charge in [-0.3, -0.25) is 0 Å². The topological polar surface area (TPSA) is 66.9 Å². The fraction of sp³-hybridized carbons (Fsp3) is 0.0938. The molecule has 0 N–H and O–H groups in total. The van der Waals surface area contributed by atoms with Gasteiger partial charge in [0.2, 0.25) is 0 Å². The number of hydrogen-bond acceptors (Lipinski definition) is 6. The Morgan fingerprint density at radius 1 is 0.333 bits per heavy atom. The highest BCUT2D eigenvalue weighted by atomic mass is 15.2. The zero-order chi connectivity index (χ0) is 49.0. The summed E-state index contributed by atoms with van der Waals surface area (Å²) in [6.45, 7) is 13.1. The van der Waals surface area contributed by atoms with E-state index in [9.17, 15) is 0 Å². The molecule has 0 saturated heterocycles. The average Bonchev–Trinajstić information content (AvgIpc) is 4.04. The fourth-order valence-electron chi connectivity index (χ4n) is 10.5. The predicted octanol–water partition coefficient (Wildman–Crippen LogP) is 16.4. The number of imidazole rings is 2. The summed E-state index contributed by atoms with van der Waals surface area (Å²) in [6.07, 6.45) is 8.23. The summed E-state index contributed by atoms with van der Waals surface area (Å²) in [6, 6.07) is 64.4. The Bertz CT molecular complexity index is 3610. The van der Waals surface area contributed by atoms with Gasteiger partial charge in [-0.2, -0.15) is 0 Å². The largest absolute Gasteiger partial charge is 0.310 e. The van der Waals surface area contributed by atoms with E-state index in [1.165, 1.54) is 33.4 Å². The molecule has 8 heteroatoms. The van der Waals surface area contributed by atoms with E-state index in [2.05, 4.69) is 194 Å². The molecule has 8 nitrogen and oxygen atoms in total. The molecule has 0 saturated carbocycles. The van der Waals surface area contributed by atoms with Gasteiger partial charge in [-0.1, -0.05) is 108 Å². The Morgan fingerprint density at radius 3 is 0.986 bits per heavy atom. The first-order chi connectivity index (χ1) is 35.1. The number of anilines is 6. The summed E-state index contributed by atoms with van der Waals surface area (Å²) < 4.78 is 4.12. The van der Waals surface area contributed by atoms with Gasteiger partial charge in [-0.15, -0.1) is 0 Å². The minimum absolute atomic E-state index is 0.823. The lowest BCUT2D eigenvalue weighted by molar-refractivity contribution is 1.19. The SMILES string of the molecule is Cc1cc(C)c(N(c2ccc(-c3cn4ccccc4n3)cc2)c2ccc(-c3nc4ccccc4nc3-c3ccc(N(c4ccc(-c5cn6ccccc6n5)cc4)c4c(C)cc(C)cc4C)cc3)cc2)c(C)c1. The third-order valence-corrected chi connectivity index (χ3v) is 13.7. The third kappa shape index (κ3) is 8.12. The number of nitrogens with zero attached hydrogens (tertiary/aromatic N) is 8. The van der Waals surface area contributed by atoms with Crippen LogP contribution in [0, 0.1) is 41.5 Å². The molecular formula is C64H52N8. The molecule has 0 unspecified atom stereocenters. The zero-order valence-electron chi connectivity index (χ0n) is 41.2. The van der Waals surface area contributed by atoms with E-state index in [-0.39, 0.29) is 0 Å². The number of fused-ring (bicyclic) bond motifs is 3. The lowest BCUT2D eigenvalue weighted by atomic mass is 10.00. The molecular weight excluding hydrogens is 881 g/mol. The molecule has 0 atom stereocenters. The third-order valence-electron chi connectivity index (χ3n) is 13.7. The molecule has 5 aromatic heterocycles. The van der Waals surface area contributed by atoms with Crippen molar-refractivity contribution in [3.8, 4) is 45.0 Å². The highest BCUT2D eigenvalue weighted by molar-refractivity contribution is 5.89. The van der Waals surface area contributed by atoms with Crippen molar-refractivity contribution < 1.29 is 0 Å². The first kappa shape index (κ1) is 44.1. The molecule has 72 heavy (non-hydrogen) atoms. The van der Waals surface area contributed by atoms with E-state index in [0.717, 1.165) is 101 Å². The van der Waals surface area contributed by atoms with E-state index >= 15 is 0 Å². The van der Waals surface area contributed by atoms with Gasteiger partial charge in [0, 0.05) is 69.8 Å². The molecule has 12 rings (SSSR count). The van der Waals surface area contributed by atoms with Crippen LogP contribution in [0.1, 0.15) is 33.4 Å². The number of hydrogen-bond donors (Lipinski definition) is 0. The molecule has 0 radical (unpaired) electrons. The minimum atomic E-state index is 0.823. The van der Waals surface area contributed by atoms with Crippen LogP contribution in [0.4, 0.5) is 34.1 Å². The highest BCUT2D eigenvalue weighted by Crippen LogP contribution is 2.43. The van der Waals surface area contributed by atoms with Crippen molar-refractivity contribution >= 4 is 56.5 Å². The number of pyridine rings is 2. The maximum absolute atomic E-state index is 5.34. The number of aromatic nitrogens is 6. The van der Waals surface area contributed by atoms with Crippen LogP contribution in [0.25, 0.3) is 67.4 Å². The van der Waals surface area contributed by atoms with Crippen LogP contribution in [0.2, 0.25) is 0 Å². The quantitative estimate of drug-likeness (QED) is 0.136. The number of benzene rings is 7. The first-order valence-electron chi connectivity index (χ1n) is 24.4. The normalized spacial score (nSPS) is 11.5. The summed E-state index contributed by atoms with van der Waals surface area (Å²) in [5.74, 6) is 0. The van der Waals surface area contributed by atoms with Gasteiger partial charge in [-0.05, 0) is 149 Å². The molecule has 0 spiro atoms. The van der Waals surface area contributed by atoms with Gasteiger partial charge in [0.25, 0.3) is 0 Å². The fourth-order valence-corrected chi connectivity index (χ4v) is 10.5. The summed E-state index contributed by atoms with van der Waals surface area (Å²) in [5, 5.41) is 0. The number of aryl methyl sites for hydroxylation is 6. The number of para-hydroxylation sites is 2. The van der Waals surface area contributed by atoms with Crippen LogP contribution in [0.15, 0.2) is 207 Å². The summed E-state index contributed by atoms with van der Waals surface area (Å²) in [5.41, 5.74) is 25.0. The Kier molecular flexibility index (Phi) is 11.0. The van der Waals surface area contributed by atoms with Crippen molar-refractivity contribution in [2.45, 2.75) is 41.5 Å². The van der Waals surface area contributed by atoms with E-state index in [0.29, 0.717) is 0 Å². The predicted molar refractivity (Wildman–Crippen MR) is 297 cm³/mol. The van der Waals surface area contributed by atoms with Crippen LogP contribution < -0.4 is 9.80 Å².